The van der Waals surface area contributed by atoms with Crippen LogP contribution in [0.5, 0.6) is 0 Å². The molecular weight excluding hydrogens is 388 g/mol. The highest BCUT2D eigenvalue weighted by Gasteiger charge is 2.65. The molecule has 3 aliphatic heterocycles. The molecule has 3 fully saturated rings. The van der Waals surface area contributed by atoms with Gasteiger partial charge in [0, 0.05) is 35.0 Å². The van der Waals surface area contributed by atoms with Gasteiger partial charge >= 0.3 is 0 Å². The Kier molecular flexibility index (Phi) is 4.69. The van der Waals surface area contributed by atoms with Gasteiger partial charge in [-0.25, -0.2) is 0 Å². The first-order valence-corrected chi connectivity index (χ1v) is 11.7. The van der Waals surface area contributed by atoms with Crippen LogP contribution >= 0.6 is 23.4 Å². The Hall–Kier alpha value is -1.49. The van der Waals surface area contributed by atoms with Gasteiger partial charge in [-0.3, -0.25) is 9.69 Å². The topological polar surface area (TPSA) is 23.6 Å². The van der Waals surface area contributed by atoms with Crippen molar-refractivity contribution in [3.05, 3.63) is 64.7 Å². The Morgan fingerprint density at radius 1 is 1.21 bits per heavy atom. The first-order valence-electron chi connectivity index (χ1n) is 10.1. The van der Waals surface area contributed by atoms with E-state index in [4.69, 9.17) is 11.6 Å². The molecule has 0 aromatic heterocycles. The Labute approximate surface area is 176 Å². The first-order chi connectivity index (χ1) is 13.6. The van der Waals surface area contributed by atoms with Crippen molar-refractivity contribution in [3.8, 4) is 0 Å². The van der Waals surface area contributed by atoms with Crippen LogP contribution in [0, 0.1) is 5.92 Å². The third-order valence-corrected chi connectivity index (χ3v) is 7.83. The number of amides is 1. The van der Waals surface area contributed by atoms with Crippen molar-refractivity contribution in [3.63, 3.8) is 0 Å². The molecular formula is C23H25ClN2OS. The van der Waals surface area contributed by atoms with Crippen LogP contribution in [0.15, 0.2) is 53.4 Å². The van der Waals surface area contributed by atoms with Gasteiger partial charge in [-0.15, -0.1) is 11.8 Å². The summed E-state index contributed by atoms with van der Waals surface area (Å²) in [7, 11) is 0. The van der Waals surface area contributed by atoms with E-state index >= 15 is 0 Å². The second-order valence-corrected chi connectivity index (χ2v) is 9.58. The largest absolute Gasteiger partial charge is 0.336 e. The van der Waals surface area contributed by atoms with E-state index in [0.717, 1.165) is 42.9 Å². The third-order valence-electron chi connectivity index (χ3n) is 6.87. The molecule has 2 aromatic carbocycles. The fraction of sp³-hybridized carbons (Fsp3) is 0.435. The van der Waals surface area contributed by atoms with Crippen LogP contribution in [0.3, 0.4) is 0 Å². The van der Waals surface area contributed by atoms with Crippen molar-refractivity contribution in [2.24, 2.45) is 5.92 Å². The standard InChI is InChI=1S/C23H25ClN2OS/c1-28-20-8-3-6-17(12-20)21-13-18-15-25(14-16-5-2-7-19(24)11-16)22(27)23(18)9-4-10-26(21)23/h2-3,5-8,11-12,18,21H,4,9-10,13-15H2,1H3/t18-,21-,23-/m0/s1. The van der Waals surface area contributed by atoms with Crippen molar-refractivity contribution in [2.45, 2.75) is 42.3 Å². The van der Waals surface area contributed by atoms with E-state index in [2.05, 4.69) is 46.4 Å². The summed E-state index contributed by atoms with van der Waals surface area (Å²) in [4.78, 5) is 19.5. The highest BCUT2D eigenvalue weighted by Crippen LogP contribution is 2.56. The smallest absolute Gasteiger partial charge is 0.243 e. The molecule has 0 unspecified atom stereocenters. The molecule has 0 saturated carbocycles. The highest BCUT2D eigenvalue weighted by atomic mass is 35.5. The molecule has 0 bridgehead atoms. The predicted molar refractivity (Wildman–Crippen MR) is 115 cm³/mol. The lowest BCUT2D eigenvalue weighted by Gasteiger charge is -2.33. The number of carbonyl (C=O) groups is 1. The molecule has 3 aliphatic rings. The number of hydrogen-bond donors (Lipinski definition) is 0. The summed E-state index contributed by atoms with van der Waals surface area (Å²) in [6, 6.07) is 17.1. The second kappa shape index (κ2) is 7.08. The van der Waals surface area contributed by atoms with Crippen molar-refractivity contribution in [1.82, 2.24) is 9.80 Å². The molecule has 5 heteroatoms. The maximum absolute atomic E-state index is 13.6. The molecule has 146 valence electrons. The molecule has 5 rings (SSSR count). The number of hydrogen-bond acceptors (Lipinski definition) is 3. The van der Waals surface area contributed by atoms with E-state index in [9.17, 15) is 4.79 Å². The number of nitrogens with zero attached hydrogens (tertiary/aromatic N) is 2. The zero-order valence-electron chi connectivity index (χ0n) is 16.1. The Bertz CT molecular complexity index is 919. The first kappa shape index (κ1) is 18.5. The molecule has 3 heterocycles. The van der Waals surface area contributed by atoms with E-state index in [1.54, 1.807) is 11.8 Å². The lowest BCUT2D eigenvalue weighted by Crippen LogP contribution is -2.49. The van der Waals surface area contributed by atoms with Gasteiger partial charge in [-0.2, -0.15) is 0 Å². The van der Waals surface area contributed by atoms with Crippen LogP contribution in [-0.4, -0.2) is 40.6 Å². The number of rotatable bonds is 4. The summed E-state index contributed by atoms with van der Waals surface area (Å²) >= 11 is 7.93. The van der Waals surface area contributed by atoms with E-state index < -0.39 is 0 Å². The monoisotopic (exact) mass is 412 g/mol. The minimum atomic E-state index is -0.279. The molecule has 2 aromatic rings. The van der Waals surface area contributed by atoms with Crippen molar-refractivity contribution < 1.29 is 4.79 Å². The lowest BCUT2D eigenvalue weighted by molar-refractivity contribution is -0.137. The van der Waals surface area contributed by atoms with Gasteiger partial charge in [-0.1, -0.05) is 35.9 Å². The zero-order chi connectivity index (χ0) is 19.3. The SMILES string of the molecule is CSc1cccc([C@@H]2C[C@H]3CN(Cc4cccc(Cl)c4)C(=O)[C@]34CCCN24)c1. The maximum atomic E-state index is 13.6. The van der Waals surface area contributed by atoms with Crippen LogP contribution in [0.1, 0.15) is 36.4 Å². The van der Waals surface area contributed by atoms with E-state index in [-0.39, 0.29) is 5.54 Å². The fourth-order valence-electron chi connectivity index (χ4n) is 5.74. The summed E-state index contributed by atoms with van der Waals surface area (Å²) in [6.45, 7) is 2.56. The molecule has 3 atom stereocenters. The predicted octanol–water partition coefficient (Wildman–Crippen LogP) is 5.00. The second-order valence-electron chi connectivity index (χ2n) is 8.26. The molecule has 0 radical (unpaired) electrons. The van der Waals surface area contributed by atoms with Gasteiger partial charge < -0.3 is 4.90 Å². The molecule has 1 spiro atoms. The highest BCUT2D eigenvalue weighted by molar-refractivity contribution is 7.98. The van der Waals surface area contributed by atoms with Crippen LogP contribution in [0.2, 0.25) is 5.02 Å². The third kappa shape index (κ3) is 2.80. The molecule has 0 N–H and O–H groups in total. The minimum absolute atomic E-state index is 0.279. The minimum Gasteiger partial charge on any atom is -0.336 e. The average molecular weight is 413 g/mol. The van der Waals surface area contributed by atoms with Crippen LogP contribution in [0.4, 0.5) is 0 Å². The van der Waals surface area contributed by atoms with Gasteiger partial charge in [0.15, 0.2) is 0 Å². The normalized spacial score (nSPS) is 29.4. The summed E-state index contributed by atoms with van der Waals surface area (Å²) < 4.78 is 0. The number of carbonyl (C=O) groups excluding carboxylic acids is 1. The van der Waals surface area contributed by atoms with E-state index in [0.29, 0.717) is 24.4 Å². The molecule has 3 nitrogen and oxygen atoms in total. The van der Waals surface area contributed by atoms with Gasteiger partial charge in [0.05, 0.1) is 0 Å². The van der Waals surface area contributed by atoms with Gasteiger partial charge in [0.1, 0.15) is 5.54 Å². The van der Waals surface area contributed by atoms with Crippen molar-refractivity contribution in [1.29, 1.82) is 0 Å². The van der Waals surface area contributed by atoms with E-state index in [1.807, 2.05) is 18.2 Å². The maximum Gasteiger partial charge on any atom is 0.243 e. The summed E-state index contributed by atoms with van der Waals surface area (Å²) in [5.74, 6) is 0.753. The Morgan fingerprint density at radius 2 is 2.07 bits per heavy atom. The zero-order valence-corrected chi connectivity index (χ0v) is 17.7. The number of halogens is 1. The molecule has 0 aliphatic carbocycles. The molecule has 1 amide bonds. The Balaban J connectivity index is 1.42. The molecule has 28 heavy (non-hydrogen) atoms. The van der Waals surface area contributed by atoms with Gasteiger partial charge in [-0.05, 0) is 67.5 Å². The van der Waals surface area contributed by atoms with E-state index in [1.165, 1.54) is 10.5 Å². The quantitative estimate of drug-likeness (QED) is 0.660. The van der Waals surface area contributed by atoms with Crippen LogP contribution in [-0.2, 0) is 11.3 Å². The summed E-state index contributed by atoms with van der Waals surface area (Å²) in [5, 5.41) is 0.735. The van der Waals surface area contributed by atoms with Crippen molar-refractivity contribution >= 4 is 29.3 Å². The lowest BCUT2D eigenvalue weighted by atomic mass is 9.85. The summed E-state index contributed by atoms with van der Waals surface area (Å²) in [5.41, 5.74) is 2.21. The summed E-state index contributed by atoms with van der Waals surface area (Å²) in [6.07, 6.45) is 5.32. The van der Waals surface area contributed by atoms with Crippen LogP contribution < -0.4 is 0 Å². The number of likely N-dealkylation sites (tertiary alicyclic amines) is 1. The Morgan fingerprint density at radius 3 is 2.89 bits per heavy atom. The number of thioether (sulfide) groups is 1. The van der Waals surface area contributed by atoms with Gasteiger partial charge in [0.25, 0.3) is 0 Å². The van der Waals surface area contributed by atoms with Gasteiger partial charge in [0.2, 0.25) is 5.91 Å². The molecule has 3 saturated heterocycles. The number of benzene rings is 2. The van der Waals surface area contributed by atoms with Crippen LogP contribution in [0.25, 0.3) is 0 Å². The fourth-order valence-corrected chi connectivity index (χ4v) is 6.42. The van der Waals surface area contributed by atoms with Crippen molar-refractivity contribution in [2.75, 3.05) is 19.3 Å². The average Bonchev–Trinajstić information content (AvgIpc) is 3.33.